The van der Waals surface area contributed by atoms with Crippen LogP contribution in [-0.4, -0.2) is 11.9 Å². The average Bonchev–Trinajstić information content (AvgIpc) is 2.68. The molecule has 0 heterocycles. The van der Waals surface area contributed by atoms with E-state index in [9.17, 15) is 0 Å². The van der Waals surface area contributed by atoms with E-state index in [-0.39, 0.29) is 0 Å². The average molecular weight is 345 g/mol. The summed E-state index contributed by atoms with van der Waals surface area (Å²) in [5.74, 6) is 6.34. The molecule has 0 bridgehead atoms. The predicted octanol–water partition coefficient (Wildman–Crippen LogP) is 4.04. The van der Waals surface area contributed by atoms with Gasteiger partial charge >= 0.3 is 0 Å². The first-order valence-corrected chi connectivity index (χ1v) is 7.87. The molecule has 3 nitrogen and oxygen atoms in total. The van der Waals surface area contributed by atoms with Crippen LogP contribution in [0, 0.1) is 0 Å². The van der Waals surface area contributed by atoms with Gasteiger partial charge < -0.3 is 5.43 Å². The fourth-order valence-electron chi connectivity index (χ4n) is 2.41. The number of amidine groups is 1. The summed E-state index contributed by atoms with van der Waals surface area (Å²) in [4.78, 5) is 4.76. The minimum absolute atomic E-state index is 0.371. The number of nitrogens with zero attached hydrogens (tertiary/aromatic N) is 1. The van der Waals surface area contributed by atoms with Crippen LogP contribution in [0.1, 0.15) is 44.1 Å². The second kappa shape index (κ2) is 7.27. The van der Waals surface area contributed by atoms with E-state index >= 15 is 0 Å². The van der Waals surface area contributed by atoms with E-state index in [1.54, 1.807) is 0 Å². The lowest BCUT2D eigenvalue weighted by atomic mass is 10.1. The van der Waals surface area contributed by atoms with Gasteiger partial charge in [-0.1, -0.05) is 43.4 Å². The smallest absolute Gasteiger partial charge is 0.142 e. The van der Waals surface area contributed by atoms with Crippen LogP contribution in [0.25, 0.3) is 0 Å². The summed E-state index contributed by atoms with van der Waals surface area (Å²) in [6, 6.07) is 6.13. The highest BCUT2D eigenvalue weighted by Gasteiger charge is 2.13. The summed E-state index contributed by atoms with van der Waals surface area (Å²) < 4.78 is 0.878. The number of nitrogens with two attached hydrogens (primary N) is 1. The Morgan fingerprint density at radius 3 is 2.53 bits per heavy atom. The third kappa shape index (κ3) is 4.20. The van der Waals surface area contributed by atoms with Crippen molar-refractivity contribution in [3.05, 3.63) is 33.3 Å². The Bertz CT molecular complexity index is 454. The van der Waals surface area contributed by atoms with Crippen molar-refractivity contribution in [1.29, 1.82) is 0 Å². The summed E-state index contributed by atoms with van der Waals surface area (Å²) in [5.41, 5.74) is 3.64. The number of rotatable bonds is 2. The summed E-state index contributed by atoms with van der Waals surface area (Å²) in [5, 5.41) is 0.668. The molecule has 0 radical (unpaired) electrons. The number of aliphatic imine (C=N–C) groups is 1. The number of hydrogen-bond donors (Lipinski definition) is 2. The van der Waals surface area contributed by atoms with Gasteiger partial charge in [-0.25, -0.2) is 5.84 Å². The second-order valence-corrected chi connectivity index (χ2v) is 6.16. The fourth-order valence-corrected chi connectivity index (χ4v) is 2.84. The van der Waals surface area contributed by atoms with E-state index in [2.05, 4.69) is 21.4 Å². The molecular formula is C14H19BrClN3. The summed E-state index contributed by atoms with van der Waals surface area (Å²) in [6.07, 6.45) is 7.45. The van der Waals surface area contributed by atoms with Crippen LogP contribution in [0.15, 0.2) is 27.7 Å². The van der Waals surface area contributed by atoms with Gasteiger partial charge in [0.25, 0.3) is 0 Å². The highest BCUT2D eigenvalue weighted by atomic mass is 79.9. The summed E-state index contributed by atoms with van der Waals surface area (Å²) in [6.45, 7) is 0. The second-order valence-electron chi connectivity index (χ2n) is 4.90. The number of hydrazine groups is 1. The van der Waals surface area contributed by atoms with Crippen LogP contribution in [0.5, 0.6) is 0 Å². The predicted molar refractivity (Wildman–Crippen MR) is 84.5 cm³/mol. The van der Waals surface area contributed by atoms with Crippen molar-refractivity contribution in [3.63, 3.8) is 0 Å². The zero-order valence-electron chi connectivity index (χ0n) is 10.8. The highest BCUT2D eigenvalue weighted by Crippen LogP contribution is 2.24. The molecule has 104 valence electrons. The monoisotopic (exact) mass is 343 g/mol. The summed E-state index contributed by atoms with van der Waals surface area (Å²) >= 11 is 9.50. The lowest BCUT2D eigenvalue weighted by Crippen LogP contribution is -2.32. The van der Waals surface area contributed by atoms with E-state index in [1.165, 1.54) is 25.7 Å². The van der Waals surface area contributed by atoms with Gasteiger partial charge in [0, 0.05) is 10.0 Å². The van der Waals surface area contributed by atoms with E-state index < -0.39 is 0 Å². The number of halogens is 2. The molecule has 19 heavy (non-hydrogen) atoms. The zero-order chi connectivity index (χ0) is 13.7. The van der Waals surface area contributed by atoms with Crippen LogP contribution < -0.4 is 11.3 Å². The third-order valence-electron chi connectivity index (χ3n) is 3.47. The van der Waals surface area contributed by atoms with E-state index in [0.29, 0.717) is 11.1 Å². The topological polar surface area (TPSA) is 50.4 Å². The molecule has 0 spiro atoms. The van der Waals surface area contributed by atoms with Crippen molar-refractivity contribution in [2.24, 2.45) is 10.8 Å². The molecule has 3 N–H and O–H groups in total. The molecular weight excluding hydrogens is 326 g/mol. The Morgan fingerprint density at radius 2 is 1.95 bits per heavy atom. The molecule has 1 saturated carbocycles. The fraction of sp³-hybridized carbons (Fsp3) is 0.500. The molecule has 1 aromatic carbocycles. The van der Waals surface area contributed by atoms with Gasteiger partial charge in [0.05, 0.1) is 11.1 Å². The molecule has 0 amide bonds. The molecule has 0 saturated heterocycles. The van der Waals surface area contributed by atoms with E-state index in [4.69, 9.17) is 22.4 Å². The van der Waals surface area contributed by atoms with Gasteiger partial charge in [-0.15, -0.1) is 0 Å². The van der Waals surface area contributed by atoms with Gasteiger partial charge in [0.15, 0.2) is 0 Å². The number of benzene rings is 1. The maximum atomic E-state index is 6.11. The third-order valence-corrected chi connectivity index (χ3v) is 4.70. The van der Waals surface area contributed by atoms with Crippen molar-refractivity contribution in [2.75, 3.05) is 0 Å². The van der Waals surface area contributed by atoms with Crippen LogP contribution in [0.4, 0.5) is 0 Å². The molecule has 0 aromatic heterocycles. The van der Waals surface area contributed by atoms with Crippen molar-refractivity contribution in [3.8, 4) is 0 Å². The van der Waals surface area contributed by atoms with Gasteiger partial charge in [-0.2, -0.15) is 0 Å². The standard InChI is InChI=1S/C14H19BrClN3/c15-12-8-7-10(9-13(12)16)14(19-17)18-11-5-3-1-2-4-6-11/h7-9,11H,1-6,17H2,(H,18,19). The van der Waals surface area contributed by atoms with E-state index in [1.807, 2.05) is 18.2 Å². The Hall–Kier alpha value is -0.580. The molecule has 1 aromatic rings. The largest absolute Gasteiger partial charge is 0.308 e. The van der Waals surface area contributed by atoms with Crippen LogP contribution in [0.3, 0.4) is 0 Å². The molecule has 1 fully saturated rings. The van der Waals surface area contributed by atoms with Gasteiger partial charge in [0.1, 0.15) is 5.84 Å². The number of nitrogens with one attached hydrogen (secondary N) is 1. The molecule has 0 atom stereocenters. The van der Waals surface area contributed by atoms with Crippen molar-refractivity contribution < 1.29 is 0 Å². The minimum Gasteiger partial charge on any atom is -0.308 e. The molecule has 1 aliphatic carbocycles. The Labute approximate surface area is 127 Å². The summed E-state index contributed by atoms with van der Waals surface area (Å²) in [7, 11) is 0. The zero-order valence-corrected chi connectivity index (χ0v) is 13.2. The van der Waals surface area contributed by atoms with Crippen molar-refractivity contribution in [2.45, 2.75) is 44.6 Å². The maximum absolute atomic E-state index is 6.11. The maximum Gasteiger partial charge on any atom is 0.142 e. The normalized spacial score (nSPS) is 18.2. The van der Waals surface area contributed by atoms with Crippen LogP contribution in [0.2, 0.25) is 5.02 Å². The molecule has 5 heteroatoms. The first-order valence-electron chi connectivity index (χ1n) is 6.70. The Morgan fingerprint density at radius 1 is 1.26 bits per heavy atom. The Kier molecular flexibility index (Phi) is 5.67. The lowest BCUT2D eigenvalue weighted by Gasteiger charge is -2.13. The molecule has 0 aliphatic heterocycles. The van der Waals surface area contributed by atoms with Crippen LogP contribution >= 0.6 is 27.5 Å². The molecule has 2 rings (SSSR count). The van der Waals surface area contributed by atoms with Gasteiger partial charge in [-0.05, 0) is 40.9 Å². The van der Waals surface area contributed by atoms with E-state index in [0.717, 1.165) is 28.7 Å². The Balaban J connectivity index is 2.19. The highest BCUT2D eigenvalue weighted by molar-refractivity contribution is 9.10. The number of hydrogen-bond acceptors (Lipinski definition) is 2. The molecule has 0 unspecified atom stereocenters. The van der Waals surface area contributed by atoms with Crippen molar-refractivity contribution >= 4 is 33.4 Å². The van der Waals surface area contributed by atoms with Gasteiger partial charge in [-0.3, -0.25) is 4.99 Å². The van der Waals surface area contributed by atoms with Gasteiger partial charge in [0.2, 0.25) is 0 Å². The first kappa shape index (κ1) is 14.8. The minimum atomic E-state index is 0.371. The first-order chi connectivity index (χ1) is 9.20. The molecule has 1 aliphatic rings. The SMILES string of the molecule is NNC(=NC1CCCCCC1)c1ccc(Br)c(Cl)c1. The van der Waals surface area contributed by atoms with Crippen LogP contribution in [-0.2, 0) is 0 Å². The quantitative estimate of drug-likeness (QED) is 0.280. The van der Waals surface area contributed by atoms with Crippen molar-refractivity contribution in [1.82, 2.24) is 5.43 Å². The lowest BCUT2D eigenvalue weighted by molar-refractivity contribution is 0.583.